The molecule has 0 aromatic heterocycles. The van der Waals surface area contributed by atoms with Crippen LogP contribution in [0.15, 0.2) is 0 Å². The van der Waals surface area contributed by atoms with E-state index in [1.54, 1.807) is 0 Å². The maximum atomic E-state index is 14.1. The number of nitrogens with two attached hydrogens (primary N) is 1. The standard InChI is InChI=1S/C55H114N5O2P.CH2O2/c1-6-11-15-19-23-29-35-44-58(45-36-31-27-28-34-42-56)48-49-59(46-37-30-24-20-16-12-7-2)53-55(62)60(43-10-5)47-40-41-54(61)52-57-63(50-38-32-25-21-17-13-8-3)51-39-33-26-22-18-14-9-4;2-1-3/h57H,6-53,56H2,1-5H3;1H,(H,2,3). The molecule has 0 aliphatic rings. The highest BCUT2D eigenvalue weighted by atomic mass is 31.1. The Morgan fingerprint density at radius 3 is 1.23 bits per heavy atom. The molecule has 0 atom stereocenters. The normalized spacial score (nSPS) is 11.5. The minimum absolute atomic E-state index is 0.250. The third kappa shape index (κ3) is 49.3. The van der Waals surface area contributed by atoms with Crippen LogP contribution in [0.4, 0.5) is 0 Å². The molecule has 0 unspecified atom stereocenters. The first-order valence-electron chi connectivity index (χ1n) is 28.9. The molecule has 0 aliphatic heterocycles. The lowest BCUT2D eigenvalue weighted by Crippen LogP contribution is -2.44. The minimum atomic E-state index is -0.285. The molecule has 1 amide bonds. The second-order valence-corrected chi connectivity index (χ2v) is 21.9. The number of carbonyl (C=O) groups excluding carboxylic acids is 2. The molecule has 0 rings (SSSR count). The van der Waals surface area contributed by atoms with E-state index in [0.717, 1.165) is 52.0 Å². The summed E-state index contributed by atoms with van der Waals surface area (Å²) in [6.07, 6.45) is 48.4. The topological polar surface area (TPSA) is 119 Å². The van der Waals surface area contributed by atoms with Gasteiger partial charge < -0.3 is 20.6 Å². The summed E-state index contributed by atoms with van der Waals surface area (Å²) in [6.45, 7) is 19.8. The lowest BCUT2D eigenvalue weighted by atomic mass is 10.1. The van der Waals surface area contributed by atoms with Crippen molar-refractivity contribution >= 4 is 26.2 Å². The molecule has 0 spiro atoms. The molecule has 394 valence electrons. The Bertz CT molecular complexity index is 976. The molecule has 0 bridgehead atoms. The Morgan fingerprint density at radius 1 is 0.455 bits per heavy atom. The lowest BCUT2D eigenvalue weighted by molar-refractivity contribution is -0.133. The maximum Gasteiger partial charge on any atom is 0.290 e. The third-order valence-corrected chi connectivity index (χ3v) is 15.5. The van der Waals surface area contributed by atoms with Gasteiger partial charge in [0, 0.05) is 32.6 Å². The fraction of sp³-hybridized carbons (Fsp3) is 0.946. The summed E-state index contributed by atoms with van der Waals surface area (Å²) >= 11 is 0. The number of hydrogen-bond donors (Lipinski definition) is 3. The van der Waals surface area contributed by atoms with Gasteiger partial charge in [0.05, 0.1) is 13.1 Å². The Balaban J connectivity index is 0. The number of Topliss-reactive ketones (excluding diaryl/α,β-unsaturated/α-hetero) is 1. The van der Waals surface area contributed by atoms with Crippen molar-refractivity contribution in [2.45, 2.75) is 266 Å². The van der Waals surface area contributed by atoms with E-state index < -0.39 is 0 Å². The van der Waals surface area contributed by atoms with Crippen LogP contribution < -0.4 is 10.8 Å². The third-order valence-electron chi connectivity index (χ3n) is 13.2. The zero-order valence-electron chi connectivity index (χ0n) is 45.1. The predicted molar refractivity (Wildman–Crippen MR) is 291 cm³/mol. The van der Waals surface area contributed by atoms with Gasteiger partial charge in [0.15, 0.2) is 0 Å². The van der Waals surface area contributed by atoms with E-state index in [1.165, 1.54) is 231 Å². The van der Waals surface area contributed by atoms with E-state index in [1.807, 2.05) is 0 Å². The smallest absolute Gasteiger partial charge is 0.290 e. The average Bonchev–Trinajstić information content (AvgIpc) is 3.31. The van der Waals surface area contributed by atoms with Gasteiger partial charge in [-0.1, -0.05) is 208 Å². The van der Waals surface area contributed by atoms with Gasteiger partial charge in [0.2, 0.25) is 5.91 Å². The Labute approximate surface area is 413 Å². The van der Waals surface area contributed by atoms with Gasteiger partial charge in [-0.2, -0.15) is 0 Å². The monoisotopic (exact) mass is 954 g/mol. The molecule has 4 N–H and O–H groups in total. The SMILES string of the molecule is CCCCCCCCCN(CCCCCCCN)CCN(CCCCCCCCC)CC(=O)N(CCC)CCCC(=O)CNP(CCCCCCCCC)CCCCCCCCC.O=CO. The van der Waals surface area contributed by atoms with Crippen LogP contribution in [-0.4, -0.2) is 116 Å². The first-order chi connectivity index (χ1) is 32.4. The first kappa shape index (κ1) is 67.0. The first-order valence-corrected chi connectivity index (χ1v) is 30.6. The van der Waals surface area contributed by atoms with Crippen LogP contribution in [0.5, 0.6) is 0 Å². The minimum Gasteiger partial charge on any atom is -0.483 e. The van der Waals surface area contributed by atoms with Crippen LogP contribution in [-0.2, 0) is 14.4 Å². The Morgan fingerprint density at radius 2 is 0.818 bits per heavy atom. The average molecular weight is 955 g/mol. The van der Waals surface area contributed by atoms with Crippen molar-refractivity contribution < 1.29 is 19.5 Å². The van der Waals surface area contributed by atoms with Crippen molar-refractivity contribution in [2.24, 2.45) is 5.73 Å². The number of amides is 1. The number of carbonyl (C=O) groups is 3. The van der Waals surface area contributed by atoms with Crippen molar-refractivity contribution in [3.05, 3.63) is 0 Å². The Kier molecular flexibility index (Phi) is 57.3. The van der Waals surface area contributed by atoms with Gasteiger partial charge in [0.1, 0.15) is 5.78 Å². The number of nitrogens with zero attached hydrogens (tertiary/aromatic N) is 3. The predicted octanol–water partition coefficient (Wildman–Crippen LogP) is 14.8. The summed E-state index contributed by atoms with van der Waals surface area (Å²) in [5.74, 6) is 0.586. The van der Waals surface area contributed by atoms with E-state index in [-0.39, 0.29) is 20.5 Å². The van der Waals surface area contributed by atoms with Crippen LogP contribution >= 0.6 is 8.07 Å². The van der Waals surface area contributed by atoms with E-state index in [2.05, 4.69) is 54.4 Å². The van der Waals surface area contributed by atoms with Crippen LogP contribution in [0, 0.1) is 0 Å². The van der Waals surface area contributed by atoms with Gasteiger partial charge in [-0.05, 0) is 97.9 Å². The molecule has 0 aromatic carbocycles. The van der Waals surface area contributed by atoms with Crippen LogP contribution in [0.1, 0.15) is 266 Å². The molecule has 10 heteroatoms. The number of nitrogens with one attached hydrogen (secondary N) is 1. The highest BCUT2D eigenvalue weighted by molar-refractivity contribution is 7.55. The molecule has 0 fully saturated rings. The number of hydrogen-bond acceptors (Lipinski definition) is 7. The molecule has 9 nitrogen and oxygen atoms in total. The summed E-state index contributed by atoms with van der Waals surface area (Å²) in [5.41, 5.74) is 5.76. The second kappa shape index (κ2) is 56.5. The van der Waals surface area contributed by atoms with Gasteiger partial charge >= 0.3 is 0 Å². The summed E-state index contributed by atoms with van der Waals surface area (Å²) < 4.78 is 0. The van der Waals surface area contributed by atoms with Gasteiger partial charge in [-0.25, -0.2) is 0 Å². The molecule has 0 aromatic rings. The molecule has 0 aliphatic carbocycles. The molecular weight excluding hydrogens is 838 g/mol. The largest absolute Gasteiger partial charge is 0.483 e. The van der Waals surface area contributed by atoms with Crippen molar-refractivity contribution in [3.63, 3.8) is 0 Å². The van der Waals surface area contributed by atoms with Crippen LogP contribution in [0.25, 0.3) is 0 Å². The zero-order chi connectivity index (χ0) is 48.8. The second-order valence-electron chi connectivity index (χ2n) is 19.6. The molecule has 0 saturated heterocycles. The van der Waals surface area contributed by atoms with Crippen LogP contribution in [0.3, 0.4) is 0 Å². The summed E-state index contributed by atoms with van der Waals surface area (Å²) in [5, 5.41) is 10.7. The zero-order valence-corrected chi connectivity index (χ0v) is 46.0. The number of ketones is 1. The highest BCUT2D eigenvalue weighted by Gasteiger charge is 2.19. The van der Waals surface area contributed by atoms with Crippen LogP contribution in [0.2, 0.25) is 0 Å². The fourth-order valence-electron chi connectivity index (χ4n) is 8.95. The van der Waals surface area contributed by atoms with Crippen molar-refractivity contribution in [2.75, 3.05) is 77.8 Å². The molecule has 0 radical (unpaired) electrons. The van der Waals surface area contributed by atoms with Gasteiger partial charge in [0.25, 0.3) is 6.47 Å². The summed E-state index contributed by atoms with van der Waals surface area (Å²) in [6, 6.07) is 0. The van der Waals surface area contributed by atoms with Gasteiger partial charge in [-0.15, -0.1) is 0 Å². The van der Waals surface area contributed by atoms with Crippen molar-refractivity contribution in [1.29, 1.82) is 0 Å². The fourth-order valence-corrected chi connectivity index (χ4v) is 11.1. The molecule has 0 saturated carbocycles. The van der Waals surface area contributed by atoms with E-state index >= 15 is 0 Å². The van der Waals surface area contributed by atoms with E-state index in [4.69, 9.17) is 15.6 Å². The van der Waals surface area contributed by atoms with Crippen molar-refractivity contribution in [3.8, 4) is 0 Å². The Hall–Kier alpha value is -1.12. The van der Waals surface area contributed by atoms with Gasteiger partial charge in [-0.3, -0.25) is 24.4 Å². The summed E-state index contributed by atoms with van der Waals surface area (Å²) in [7, 11) is -0.285. The molecule has 0 heterocycles. The number of carboxylic acid groups (broad SMARTS) is 1. The number of unbranched alkanes of at least 4 members (excludes halogenated alkanes) is 28. The quantitative estimate of drug-likeness (QED) is 0.0313. The molecular formula is C56H116N5O4P. The van der Waals surface area contributed by atoms with E-state index in [9.17, 15) is 9.59 Å². The van der Waals surface area contributed by atoms with E-state index in [0.29, 0.717) is 31.8 Å². The molecule has 66 heavy (non-hydrogen) atoms. The summed E-state index contributed by atoms with van der Waals surface area (Å²) in [4.78, 5) is 43.0. The maximum absolute atomic E-state index is 14.1. The number of rotatable bonds is 53. The lowest BCUT2D eigenvalue weighted by Gasteiger charge is -2.30. The highest BCUT2D eigenvalue weighted by Crippen LogP contribution is 2.34. The van der Waals surface area contributed by atoms with Crippen molar-refractivity contribution in [1.82, 2.24) is 19.8 Å².